The Bertz CT molecular complexity index is 941. The number of carbonyl (C=O) groups is 2. The molecule has 2 heterocycles. The molecule has 1 aromatic carbocycles. The van der Waals surface area contributed by atoms with Crippen LogP contribution in [0.3, 0.4) is 0 Å². The van der Waals surface area contributed by atoms with Gasteiger partial charge in [0.1, 0.15) is 5.76 Å². The first-order valence-electron chi connectivity index (χ1n) is 9.76. The molecule has 2 aromatic rings. The summed E-state index contributed by atoms with van der Waals surface area (Å²) in [5.74, 6) is -1.18. The highest BCUT2D eigenvalue weighted by Crippen LogP contribution is 2.43. The molecule has 1 amide bonds. The van der Waals surface area contributed by atoms with Crippen LogP contribution in [0.4, 0.5) is 0 Å². The lowest BCUT2D eigenvalue weighted by atomic mass is 9.95. The van der Waals surface area contributed by atoms with E-state index in [1.807, 2.05) is 50.4 Å². The maximum absolute atomic E-state index is 13.0. The van der Waals surface area contributed by atoms with Crippen LogP contribution in [-0.2, 0) is 9.59 Å². The van der Waals surface area contributed by atoms with Gasteiger partial charge in [0.2, 0.25) is 0 Å². The molecule has 0 saturated carbocycles. The monoisotopic (exact) mass is 397 g/mol. The molecule has 0 bridgehead atoms. The van der Waals surface area contributed by atoms with Crippen molar-refractivity contribution >= 4 is 28.8 Å². The zero-order valence-corrected chi connectivity index (χ0v) is 17.7. The number of thiophene rings is 1. The largest absolute Gasteiger partial charge is 0.507 e. The van der Waals surface area contributed by atoms with E-state index in [-0.39, 0.29) is 11.3 Å². The Morgan fingerprint density at radius 3 is 2.50 bits per heavy atom. The van der Waals surface area contributed by atoms with Gasteiger partial charge in [-0.2, -0.15) is 0 Å². The van der Waals surface area contributed by atoms with Crippen molar-refractivity contribution in [2.45, 2.75) is 53.0 Å². The van der Waals surface area contributed by atoms with Gasteiger partial charge in [0.05, 0.1) is 11.6 Å². The van der Waals surface area contributed by atoms with Crippen LogP contribution in [-0.4, -0.2) is 28.2 Å². The van der Waals surface area contributed by atoms with Gasteiger partial charge < -0.3 is 10.0 Å². The summed E-state index contributed by atoms with van der Waals surface area (Å²) in [5, 5.41) is 13.1. The highest BCUT2D eigenvalue weighted by atomic mass is 32.1. The van der Waals surface area contributed by atoms with E-state index in [1.54, 1.807) is 4.90 Å². The summed E-state index contributed by atoms with van der Waals surface area (Å²) in [5.41, 5.74) is 3.73. The zero-order valence-electron chi connectivity index (χ0n) is 16.9. The molecule has 1 aliphatic rings. The second kappa shape index (κ2) is 8.31. The van der Waals surface area contributed by atoms with Crippen molar-refractivity contribution in [3.8, 4) is 0 Å². The summed E-state index contributed by atoms with van der Waals surface area (Å²) in [6.45, 7) is 8.45. The number of hydrogen-bond acceptors (Lipinski definition) is 4. The number of carbonyl (C=O) groups excluding carboxylic acids is 2. The fourth-order valence-corrected chi connectivity index (χ4v) is 4.76. The molecular weight excluding hydrogens is 370 g/mol. The standard InChI is InChI=1S/C23H27NO3S/c1-5-6-7-11-24-19(22-16(4)10-12-28-22)18(21(26)23(24)27)20(25)17-13-14(2)8-9-15(17)3/h8-10,12-13,19,25H,5-7,11H2,1-4H3/b20-18+. The maximum Gasteiger partial charge on any atom is 0.295 e. The van der Waals surface area contributed by atoms with E-state index in [1.165, 1.54) is 11.3 Å². The number of ketones is 1. The molecule has 1 aliphatic heterocycles. The second-order valence-electron chi connectivity index (χ2n) is 7.49. The molecule has 0 aliphatic carbocycles. The predicted octanol–water partition coefficient (Wildman–Crippen LogP) is 5.29. The number of aliphatic hydroxyl groups excluding tert-OH is 1. The number of unbranched alkanes of at least 4 members (excludes halogenated alkanes) is 2. The highest BCUT2D eigenvalue weighted by molar-refractivity contribution is 7.10. The Balaban J connectivity index is 2.16. The van der Waals surface area contributed by atoms with Crippen molar-refractivity contribution in [3.05, 3.63) is 62.3 Å². The number of Topliss-reactive ketones (excluding diaryl/α,β-unsaturated/α-hetero) is 1. The van der Waals surface area contributed by atoms with Gasteiger partial charge in [0, 0.05) is 17.0 Å². The summed E-state index contributed by atoms with van der Waals surface area (Å²) in [6, 6.07) is 7.23. The first kappa shape index (κ1) is 20.3. The Morgan fingerprint density at radius 2 is 1.86 bits per heavy atom. The van der Waals surface area contributed by atoms with Gasteiger partial charge in [-0.25, -0.2) is 0 Å². The van der Waals surface area contributed by atoms with E-state index in [2.05, 4.69) is 6.92 Å². The quantitative estimate of drug-likeness (QED) is 0.312. The number of aliphatic hydroxyl groups is 1. The summed E-state index contributed by atoms with van der Waals surface area (Å²) in [4.78, 5) is 28.4. The smallest absolute Gasteiger partial charge is 0.295 e. The van der Waals surface area contributed by atoms with Crippen molar-refractivity contribution in [2.75, 3.05) is 6.54 Å². The molecule has 5 heteroatoms. The zero-order chi connectivity index (χ0) is 20.4. The third kappa shape index (κ3) is 3.63. The Kier molecular flexibility index (Phi) is 6.04. The van der Waals surface area contributed by atoms with Crippen molar-refractivity contribution < 1.29 is 14.7 Å². The molecule has 1 saturated heterocycles. The summed E-state index contributed by atoms with van der Waals surface area (Å²) in [6.07, 6.45) is 2.87. The fourth-order valence-electron chi connectivity index (χ4n) is 3.72. The van der Waals surface area contributed by atoms with Gasteiger partial charge in [-0.1, -0.05) is 37.5 Å². The van der Waals surface area contributed by atoms with Crippen LogP contribution >= 0.6 is 11.3 Å². The summed E-state index contributed by atoms with van der Waals surface area (Å²) in [7, 11) is 0. The highest BCUT2D eigenvalue weighted by Gasteiger charge is 2.46. The SMILES string of the molecule is CCCCCN1C(=O)C(=O)/C(=C(/O)c2cc(C)ccc2C)C1c1sccc1C. The molecule has 28 heavy (non-hydrogen) atoms. The summed E-state index contributed by atoms with van der Waals surface area (Å²) >= 11 is 1.53. The normalized spacial score (nSPS) is 18.9. The third-order valence-electron chi connectivity index (χ3n) is 5.34. The lowest BCUT2D eigenvalue weighted by Gasteiger charge is -2.25. The minimum Gasteiger partial charge on any atom is -0.507 e. The molecule has 1 unspecified atom stereocenters. The predicted molar refractivity (Wildman–Crippen MR) is 114 cm³/mol. The third-order valence-corrected chi connectivity index (χ3v) is 6.41. The van der Waals surface area contributed by atoms with Crippen LogP contribution in [0.25, 0.3) is 5.76 Å². The van der Waals surface area contributed by atoms with E-state index in [9.17, 15) is 14.7 Å². The molecule has 0 radical (unpaired) electrons. The van der Waals surface area contributed by atoms with E-state index < -0.39 is 17.7 Å². The number of likely N-dealkylation sites (tertiary alicyclic amines) is 1. The molecule has 3 rings (SSSR count). The van der Waals surface area contributed by atoms with Crippen molar-refractivity contribution in [2.24, 2.45) is 0 Å². The minimum absolute atomic E-state index is 0.0738. The average Bonchev–Trinajstić information content (AvgIpc) is 3.19. The van der Waals surface area contributed by atoms with Crippen LogP contribution in [0, 0.1) is 20.8 Å². The topological polar surface area (TPSA) is 57.6 Å². The maximum atomic E-state index is 13.0. The van der Waals surface area contributed by atoms with Crippen molar-refractivity contribution in [1.82, 2.24) is 4.90 Å². The van der Waals surface area contributed by atoms with Crippen molar-refractivity contribution in [3.63, 3.8) is 0 Å². The fraction of sp³-hybridized carbons (Fsp3) is 0.391. The molecule has 1 fully saturated rings. The van der Waals surface area contributed by atoms with E-state index >= 15 is 0 Å². The van der Waals surface area contributed by atoms with Gasteiger partial charge in [0.15, 0.2) is 0 Å². The number of benzene rings is 1. The van der Waals surface area contributed by atoms with E-state index in [4.69, 9.17) is 0 Å². The van der Waals surface area contributed by atoms with Crippen molar-refractivity contribution in [1.29, 1.82) is 0 Å². The molecule has 4 nitrogen and oxygen atoms in total. The first-order chi connectivity index (χ1) is 13.4. The number of amides is 1. The molecule has 1 aromatic heterocycles. The Hall–Kier alpha value is -2.40. The van der Waals surface area contributed by atoms with E-state index in [0.717, 1.165) is 40.8 Å². The van der Waals surface area contributed by atoms with Gasteiger partial charge in [-0.3, -0.25) is 9.59 Å². The van der Waals surface area contributed by atoms with Crippen LogP contribution < -0.4 is 0 Å². The van der Waals surface area contributed by atoms with Gasteiger partial charge in [0.25, 0.3) is 11.7 Å². The lowest BCUT2D eigenvalue weighted by Crippen LogP contribution is -2.30. The van der Waals surface area contributed by atoms with Crippen LogP contribution in [0.15, 0.2) is 35.2 Å². The van der Waals surface area contributed by atoms with Gasteiger partial charge in [-0.15, -0.1) is 11.3 Å². The number of hydrogen-bond donors (Lipinski definition) is 1. The number of rotatable bonds is 6. The molecule has 1 N–H and O–H groups in total. The Morgan fingerprint density at radius 1 is 1.11 bits per heavy atom. The lowest BCUT2D eigenvalue weighted by molar-refractivity contribution is -0.139. The van der Waals surface area contributed by atoms with E-state index in [0.29, 0.717) is 12.1 Å². The van der Waals surface area contributed by atoms with Gasteiger partial charge in [-0.05, 0) is 55.8 Å². The molecule has 148 valence electrons. The average molecular weight is 398 g/mol. The number of aryl methyl sites for hydroxylation is 3. The Labute approximate surface area is 170 Å². The summed E-state index contributed by atoms with van der Waals surface area (Å²) < 4.78 is 0. The first-order valence-corrected chi connectivity index (χ1v) is 10.6. The minimum atomic E-state index is -0.590. The van der Waals surface area contributed by atoms with Crippen LogP contribution in [0.1, 0.15) is 59.4 Å². The molecular formula is C23H27NO3S. The number of nitrogens with zero attached hydrogens (tertiary/aromatic N) is 1. The van der Waals surface area contributed by atoms with Crippen LogP contribution in [0.5, 0.6) is 0 Å². The van der Waals surface area contributed by atoms with Gasteiger partial charge >= 0.3 is 0 Å². The molecule has 0 spiro atoms. The molecule has 1 atom stereocenters. The van der Waals surface area contributed by atoms with Crippen LogP contribution in [0.2, 0.25) is 0 Å². The second-order valence-corrected chi connectivity index (χ2v) is 8.43.